The second-order valence-corrected chi connectivity index (χ2v) is 7.58. The Morgan fingerprint density at radius 2 is 1.80 bits per heavy atom. The van der Waals surface area contributed by atoms with E-state index in [-0.39, 0.29) is 17.8 Å². The van der Waals surface area contributed by atoms with Gasteiger partial charge in [0.1, 0.15) is 0 Å². The van der Waals surface area contributed by atoms with Gasteiger partial charge in [0.2, 0.25) is 11.7 Å². The summed E-state index contributed by atoms with van der Waals surface area (Å²) in [7, 11) is 0. The predicted octanol–water partition coefficient (Wildman–Crippen LogP) is 3.56. The fourth-order valence-electron chi connectivity index (χ4n) is 3.92. The molecule has 30 heavy (non-hydrogen) atoms. The van der Waals surface area contributed by atoms with Crippen molar-refractivity contribution in [2.24, 2.45) is 5.73 Å². The summed E-state index contributed by atoms with van der Waals surface area (Å²) >= 11 is 0. The second kappa shape index (κ2) is 8.55. The number of hydrogen-bond donors (Lipinski definition) is 1. The average molecular weight is 426 g/mol. The van der Waals surface area contributed by atoms with Crippen LogP contribution >= 0.6 is 12.4 Å². The minimum atomic E-state index is -0.272. The predicted molar refractivity (Wildman–Crippen MR) is 117 cm³/mol. The zero-order valence-corrected chi connectivity index (χ0v) is 17.3. The monoisotopic (exact) mass is 425 g/mol. The van der Waals surface area contributed by atoms with Gasteiger partial charge in [0.05, 0.1) is 22.8 Å². The van der Waals surface area contributed by atoms with E-state index in [0.29, 0.717) is 31.5 Å². The summed E-state index contributed by atoms with van der Waals surface area (Å²) in [4.78, 5) is 9.12. The van der Waals surface area contributed by atoms with Crippen LogP contribution in [0.3, 0.4) is 0 Å². The number of rotatable bonds is 5. The van der Waals surface area contributed by atoms with Gasteiger partial charge in [-0.05, 0) is 30.5 Å². The quantitative estimate of drug-likeness (QED) is 0.525. The molecule has 1 aliphatic heterocycles. The van der Waals surface area contributed by atoms with Crippen molar-refractivity contribution in [2.75, 3.05) is 19.8 Å². The third-order valence-electron chi connectivity index (χ3n) is 5.81. The molecule has 0 spiro atoms. The van der Waals surface area contributed by atoms with Crippen LogP contribution in [0.4, 0.5) is 0 Å². The molecule has 156 valence electrons. The van der Waals surface area contributed by atoms with Crippen molar-refractivity contribution in [1.29, 1.82) is 0 Å². The van der Waals surface area contributed by atoms with E-state index in [4.69, 9.17) is 15.0 Å². The van der Waals surface area contributed by atoms with Crippen molar-refractivity contribution in [2.45, 2.75) is 24.8 Å². The van der Waals surface area contributed by atoms with E-state index in [2.05, 4.69) is 37.9 Å². The number of imidazole rings is 1. The number of fused-ring (bicyclic) bond motifs is 1. The van der Waals surface area contributed by atoms with E-state index in [1.54, 1.807) is 0 Å². The van der Waals surface area contributed by atoms with Gasteiger partial charge in [0.25, 0.3) is 0 Å². The lowest BCUT2D eigenvalue weighted by Gasteiger charge is -2.32. The number of ether oxygens (including phenoxy) is 1. The molecule has 0 saturated carbocycles. The minimum absolute atomic E-state index is 0. The number of aromatic nitrogens is 4. The first-order chi connectivity index (χ1) is 14.3. The molecule has 2 aromatic carbocycles. The molecule has 2 N–H and O–H groups in total. The summed E-state index contributed by atoms with van der Waals surface area (Å²) in [5.74, 6) is 1.21. The van der Waals surface area contributed by atoms with Gasteiger partial charge in [-0.25, -0.2) is 4.98 Å². The summed E-state index contributed by atoms with van der Waals surface area (Å²) in [6.07, 6.45) is 3.50. The maximum Gasteiger partial charge on any atom is 0.234 e. The fraction of sp³-hybridized carbons (Fsp3) is 0.318. The van der Waals surface area contributed by atoms with E-state index in [0.717, 1.165) is 36.0 Å². The summed E-state index contributed by atoms with van der Waals surface area (Å²) in [5, 5.41) is 4.20. The normalized spacial score (nSPS) is 15.8. The van der Waals surface area contributed by atoms with Gasteiger partial charge >= 0.3 is 0 Å². The van der Waals surface area contributed by atoms with Gasteiger partial charge < -0.3 is 19.6 Å². The van der Waals surface area contributed by atoms with Gasteiger partial charge in [-0.2, -0.15) is 4.98 Å². The molecule has 0 aliphatic carbocycles. The van der Waals surface area contributed by atoms with E-state index >= 15 is 0 Å². The molecule has 2 aromatic heterocycles. The second-order valence-electron chi connectivity index (χ2n) is 7.58. The van der Waals surface area contributed by atoms with E-state index in [1.807, 2.05) is 36.7 Å². The Hall–Kier alpha value is -2.74. The van der Waals surface area contributed by atoms with Gasteiger partial charge in [0.15, 0.2) is 0 Å². The number of nitrogens with two attached hydrogens (primary N) is 1. The van der Waals surface area contributed by atoms with Crippen molar-refractivity contribution >= 4 is 23.4 Å². The first-order valence-electron chi connectivity index (χ1n) is 9.89. The number of hydrogen-bond acceptors (Lipinski definition) is 6. The number of nitrogens with zero attached hydrogens (tertiary/aromatic N) is 4. The van der Waals surface area contributed by atoms with Crippen LogP contribution in [0.2, 0.25) is 0 Å². The Labute approximate surface area is 180 Å². The third kappa shape index (κ3) is 3.71. The van der Waals surface area contributed by atoms with Crippen LogP contribution in [0.25, 0.3) is 22.4 Å². The molecule has 0 bridgehead atoms. The van der Waals surface area contributed by atoms with Crippen LogP contribution in [0, 0.1) is 0 Å². The number of halogens is 1. The average Bonchev–Trinajstić information content (AvgIpc) is 3.43. The molecule has 1 saturated heterocycles. The summed E-state index contributed by atoms with van der Waals surface area (Å²) in [6.45, 7) is 2.59. The largest absolute Gasteiger partial charge is 0.381 e. The highest BCUT2D eigenvalue weighted by Crippen LogP contribution is 2.33. The van der Waals surface area contributed by atoms with Crippen LogP contribution in [0.5, 0.6) is 0 Å². The molecule has 0 atom stereocenters. The van der Waals surface area contributed by atoms with E-state index in [1.165, 1.54) is 5.56 Å². The Balaban J connectivity index is 0.00000218. The molecule has 7 nitrogen and oxygen atoms in total. The highest BCUT2D eigenvalue weighted by atomic mass is 35.5. The Morgan fingerprint density at radius 3 is 2.57 bits per heavy atom. The third-order valence-corrected chi connectivity index (χ3v) is 5.81. The molecule has 5 rings (SSSR count). The lowest BCUT2D eigenvalue weighted by molar-refractivity contribution is 0.0409. The Kier molecular flexibility index (Phi) is 5.85. The lowest BCUT2D eigenvalue weighted by Crippen LogP contribution is -2.40. The molecule has 8 heteroatoms. The van der Waals surface area contributed by atoms with E-state index in [9.17, 15) is 0 Å². The molecule has 3 heterocycles. The van der Waals surface area contributed by atoms with Gasteiger partial charge in [-0.3, -0.25) is 0 Å². The zero-order valence-electron chi connectivity index (χ0n) is 16.5. The zero-order chi connectivity index (χ0) is 19.7. The number of para-hydroxylation sites is 2. The molecule has 4 aromatic rings. The van der Waals surface area contributed by atoms with Crippen molar-refractivity contribution in [3.05, 3.63) is 66.3 Å². The van der Waals surface area contributed by atoms with Crippen LogP contribution in [-0.4, -0.2) is 39.5 Å². The van der Waals surface area contributed by atoms with Crippen molar-refractivity contribution in [3.8, 4) is 11.4 Å². The Morgan fingerprint density at radius 1 is 1.03 bits per heavy atom. The summed E-state index contributed by atoms with van der Waals surface area (Å²) in [6, 6.07) is 16.4. The van der Waals surface area contributed by atoms with E-state index < -0.39 is 0 Å². The van der Waals surface area contributed by atoms with Crippen molar-refractivity contribution < 1.29 is 9.26 Å². The topological polar surface area (TPSA) is 92.0 Å². The standard InChI is InChI=1S/C22H23N5O2.ClH/c23-14-22(9-11-28-12-10-22)21-25-20(26-29-21)17-7-5-16(6-8-17)13-27-15-24-18-3-1-2-4-19(18)27;/h1-8,15H,9-14,23H2;1H. The SMILES string of the molecule is Cl.NCC1(c2nc(-c3ccc(Cn4cnc5ccccc54)cc3)no2)CCOCC1. The fourth-order valence-corrected chi connectivity index (χ4v) is 3.92. The minimum Gasteiger partial charge on any atom is -0.381 e. The molecule has 1 aliphatic rings. The molecule has 0 unspecified atom stereocenters. The summed E-state index contributed by atoms with van der Waals surface area (Å²) < 4.78 is 13.2. The maximum atomic E-state index is 6.05. The lowest BCUT2D eigenvalue weighted by atomic mass is 9.80. The molecule has 0 radical (unpaired) electrons. The van der Waals surface area contributed by atoms with Gasteiger partial charge in [0, 0.05) is 31.9 Å². The van der Waals surface area contributed by atoms with Gasteiger partial charge in [-0.1, -0.05) is 41.6 Å². The van der Waals surface area contributed by atoms with Crippen molar-refractivity contribution in [3.63, 3.8) is 0 Å². The number of benzene rings is 2. The molecule has 1 fully saturated rings. The highest BCUT2D eigenvalue weighted by molar-refractivity contribution is 5.85. The first kappa shape index (κ1) is 20.5. The van der Waals surface area contributed by atoms with Crippen LogP contribution < -0.4 is 5.73 Å². The molecular formula is C22H24ClN5O2. The summed E-state index contributed by atoms with van der Waals surface area (Å²) in [5.41, 5.74) is 10.0. The van der Waals surface area contributed by atoms with Crippen LogP contribution in [0.15, 0.2) is 59.4 Å². The molecular weight excluding hydrogens is 402 g/mol. The van der Waals surface area contributed by atoms with Crippen LogP contribution in [0.1, 0.15) is 24.3 Å². The molecule has 0 amide bonds. The highest BCUT2D eigenvalue weighted by Gasteiger charge is 2.38. The van der Waals surface area contributed by atoms with Crippen molar-refractivity contribution in [1.82, 2.24) is 19.7 Å². The first-order valence-corrected chi connectivity index (χ1v) is 9.89. The smallest absolute Gasteiger partial charge is 0.234 e. The van der Waals surface area contributed by atoms with Crippen LogP contribution in [-0.2, 0) is 16.7 Å². The maximum absolute atomic E-state index is 6.05. The Bertz CT molecular complexity index is 1120. The van der Waals surface area contributed by atoms with Gasteiger partial charge in [-0.15, -0.1) is 12.4 Å².